The Morgan fingerprint density at radius 3 is 2.69 bits per heavy atom. The third-order valence-electron chi connectivity index (χ3n) is 7.64. The van der Waals surface area contributed by atoms with Crippen molar-refractivity contribution in [3.63, 3.8) is 0 Å². The molecule has 0 radical (unpaired) electrons. The van der Waals surface area contributed by atoms with Gasteiger partial charge in [-0.05, 0) is 66.7 Å². The van der Waals surface area contributed by atoms with Gasteiger partial charge in [0.05, 0.1) is 17.4 Å². The second-order valence-electron chi connectivity index (χ2n) is 9.85. The highest BCUT2D eigenvalue weighted by Crippen LogP contribution is 2.43. The summed E-state index contributed by atoms with van der Waals surface area (Å²) in [6.45, 7) is 3.25. The fraction of sp³-hybridized carbons (Fsp3) is 0.462. The van der Waals surface area contributed by atoms with E-state index in [2.05, 4.69) is 57.6 Å². The number of rotatable bonds is 4. The smallest absolute Gasteiger partial charge is 0.227 e. The zero-order chi connectivity index (χ0) is 21.7. The largest absolute Gasteiger partial charge is 0.512 e. The van der Waals surface area contributed by atoms with Gasteiger partial charge >= 0.3 is 0 Å². The fourth-order valence-corrected chi connectivity index (χ4v) is 6.03. The molecule has 2 fully saturated rings. The van der Waals surface area contributed by atoms with Gasteiger partial charge in [0.25, 0.3) is 0 Å². The number of fused-ring (bicyclic) bond motifs is 2. The number of hydrogen-bond acceptors (Lipinski definition) is 6. The van der Waals surface area contributed by atoms with E-state index in [9.17, 15) is 5.11 Å². The molecule has 4 aliphatic rings. The van der Waals surface area contributed by atoms with Gasteiger partial charge in [0, 0.05) is 56.4 Å². The predicted octanol–water partition coefficient (Wildman–Crippen LogP) is 4.76. The molecule has 2 aromatic rings. The Morgan fingerprint density at radius 1 is 1.09 bits per heavy atom. The molecule has 0 spiro atoms. The molecule has 6 rings (SSSR count). The minimum absolute atomic E-state index is 0.0233. The van der Waals surface area contributed by atoms with Crippen molar-refractivity contribution in [1.82, 2.24) is 14.9 Å². The molecule has 6 nitrogen and oxygen atoms in total. The lowest BCUT2D eigenvalue weighted by Crippen LogP contribution is -2.23. The first kappa shape index (κ1) is 19.6. The van der Waals surface area contributed by atoms with Crippen LogP contribution in [-0.2, 0) is 6.42 Å². The van der Waals surface area contributed by atoms with Crippen LogP contribution in [0.5, 0.6) is 0 Å². The van der Waals surface area contributed by atoms with E-state index in [1.165, 1.54) is 31.4 Å². The van der Waals surface area contributed by atoms with Crippen LogP contribution < -0.4 is 10.2 Å². The van der Waals surface area contributed by atoms with E-state index in [1.807, 2.05) is 12.3 Å². The van der Waals surface area contributed by atoms with Crippen molar-refractivity contribution < 1.29 is 5.11 Å². The van der Waals surface area contributed by atoms with E-state index in [-0.39, 0.29) is 5.92 Å². The maximum absolute atomic E-state index is 10.6. The van der Waals surface area contributed by atoms with Gasteiger partial charge in [-0.25, -0.2) is 9.97 Å². The highest BCUT2D eigenvalue weighted by molar-refractivity contribution is 5.61. The molecule has 166 valence electrons. The molecule has 2 aliphatic carbocycles. The molecule has 32 heavy (non-hydrogen) atoms. The van der Waals surface area contributed by atoms with Gasteiger partial charge in [-0.2, -0.15) is 0 Å². The first-order valence-electron chi connectivity index (χ1n) is 11.9. The highest BCUT2D eigenvalue weighted by atomic mass is 16.3. The van der Waals surface area contributed by atoms with Crippen molar-refractivity contribution in [2.75, 3.05) is 36.9 Å². The number of aliphatic hydroxyl groups is 1. The van der Waals surface area contributed by atoms with Crippen LogP contribution in [0.4, 0.5) is 17.3 Å². The van der Waals surface area contributed by atoms with E-state index < -0.39 is 0 Å². The predicted molar refractivity (Wildman–Crippen MR) is 127 cm³/mol. The number of anilines is 3. The van der Waals surface area contributed by atoms with Crippen molar-refractivity contribution in [3.8, 4) is 0 Å². The molecule has 2 N–H and O–H groups in total. The summed E-state index contributed by atoms with van der Waals surface area (Å²) in [6, 6.07) is 8.58. The van der Waals surface area contributed by atoms with Gasteiger partial charge in [0.2, 0.25) is 5.95 Å². The number of nitrogens with zero attached hydrogens (tertiary/aromatic N) is 4. The fourth-order valence-electron chi connectivity index (χ4n) is 6.03. The third-order valence-corrected chi connectivity index (χ3v) is 7.64. The summed E-state index contributed by atoms with van der Waals surface area (Å²) >= 11 is 0. The maximum atomic E-state index is 10.6. The van der Waals surface area contributed by atoms with Crippen molar-refractivity contribution in [2.24, 2.45) is 11.8 Å². The average Bonchev–Trinajstić information content (AvgIpc) is 3.51. The summed E-state index contributed by atoms with van der Waals surface area (Å²) in [6.07, 6.45) is 11.7. The van der Waals surface area contributed by atoms with Gasteiger partial charge in [-0.15, -0.1) is 0 Å². The van der Waals surface area contributed by atoms with E-state index in [4.69, 9.17) is 4.98 Å². The van der Waals surface area contributed by atoms with Crippen LogP contribution in [0.1, 0.15) is 42.9 Å². The number of benzene rings is 1. The van der Waals surface area contributed by atoms with Crippen LogP contribution in [-0.4, -0.2) is 46.7 Å². The van der Waals surface area contributed by atoms with E-state index in [0.29, 0.717) is 30.0 Å². The Morgan fingerprint density at radius 2 is 1.91 bits per heavy atom. The van der Waals surface area contributed by atoms with Crippen LogP contribution in [0.15, 0.2) is 54.1 Å². The monoisotopic (exact) mass is 429 g/mol. The van der Waals surface area contributed by atoms with Gasteiger partial charge < -0.3 is 20.2 Å². The van der Waals surface area contributed by atoms with Crippen molar-refractivity contribution >= 4 is 17.3 Å². The first-order chi connectivity index (χ1) is 15.6. The molecule has 2 aliphatic heterocycles. The molecule has 2 atom stereocenters. The lowest BCUT2D eigenvalue weighted by molar-refractivity contribution is 0.306. The Balaban J connectivity index is 1.18. The molecule has 1 aromatic heterocycles. The minimum Gasteiger partial charge on any atom is -0.512 e. The van der Waals surface area contributed by atoms with E-state index in [1.54, 1.807) is 5.57 Å². The maximum Gasteiger partial charge on any atom is 0.227 e. The SMILES string of the molecule is CN1C=C2CN(c3ccc(Nc4ncc5c(n4)C(C4CCCC4)C(O)=CC5)cc3)CC2C1. The lowest BCUT2D eigenvalue weighted by Gasteiger charge is -2.27. The quantitative estimate of drug-likeness (QED) is 0.731. The van der Waals surface area contributed by atoms with Gasteiger partial charge in [-0.1, -0.05) is 12.8 Å². The Kier molecular flexibility index (Phi) is 4.81. The second kappa shape index (κ2) is 7.84. The van der Waals surface area contributed by atoms with Crippen LogP contribution in [0.25, 0.3) is 0 Å². The average molecular weight is 430 g/mol. The van der Waals surface area contributed by atoms with Gasteiger partial charge in [0.1, 0.15) is 0 Å². The highest BCUT2D eigenvalue weighted by Gasteiger charge is 2.34. The Labute approximate surface area is 189 Å². The minimum atomic E-state index is 0.0233. The molecular formula is C26H31N5O. The summed E-state index contributed by atoms with van der Waals surface area (Å²) in [4.78, 5) is 14.2. The molecule has 0 bridgehead atoms. The van der Waals surface area contributed by atoms with Crippen LogP contribution >= 0.6 is 0 Å². The second-order valence-corrected chi connectivity index (χ2v) is 9.85. The molecule has 1 saturated heterocycles. The number of aliphatic hydroxyl groups excluding tert-OH is 1. The van der Waals surface area contributed by atoms with E-state index >= 15 is 0 Å². The van der Waals surface area contributed by atoms with E-state index in [0.717, 1.165) is 36.6 Å². The zero-order valence-corrected chi connectivity index (χ0v) is 18.7. The molecule has 1 aromatic carbocycles. The van der Waals surface area contributed by atoms with Crippen molar-refractivity contribution in [1.29, 1.82) is 0 Å². The molecule has 1 saturated carbocycles. The van der Waals surface area contributed by atoms with Crippen LogP contribution in [0, 0.1) is 11.8 Å². The Hall–Kier alpha value is -3.02. The standard InChI is InChI=1S/C26H31N5O/c1-30-13-19-15-31(16-20(19)14-30)22-9-7-21(8-10-22)28-26-27-12-18-6-11-23(32)24(25(18)29-26)17-4-2-3-5-17/h7-13,17,20,24,32H,2-6,14-16H2,1H3,(H,27,28,29). The normalized spacial score (nSPS) is 24.9. The third kappa shape index (κ3) is 3.51. The molecule has 2 unspecified atom stereocenters. The Bertz CT molecular complexity index is 1070. The topological polar surface area (TPSA) is 64.5 Å². The molecule has 0 amide bonds. The molecule has 3 heterocycles. The summed E-state index contributed by atoms with van der Waals surface area (Å²) in [5, 5.41) is 14.0. The van der Waals surface area contributed by atoms with Crippen LogP contribution in [0.3, 0.4) is 0 Å². The summed E-state index contributed by atoms with van der Waals surface area (Å²) < 4.78 is 0. The van der Waals surface area contributed by atoms with Crippen molar-refractivity contribution in [2.45, 2.75) is 38.0 Å². The van der Waals surface area contributed by atoms with Crippen molar-refractivity contribution in [3.05, 3.63) is 65.3 Å². The van der Waals surface area contributed by atoms with Crippen LogP contribution in [0.2, 0.25) is 0 Å². The van der Waals surface area contributed by atoms with Gasteiger partial charge in [-0.3, -0.25) is 0 Å². The first-order valence-corrected chi connectivity index (χ1v) is 11.9. The summed E-state index contributed by atoms with van der Waals surface area (Å²) in [5.74, 6) is 2.28. The zero-order valence-electron chi connectivity index (χ0n) is 18.7. The van der Waals surface area contributed by atoms with Gasteiger partial charge in [0.15, 0.2) is 0 Å². The lowest BCUT2D eigenvalue weighted by atomic mass is 9.81. The summed E-state index contributed by atoms with van der Waals surface area (Å²) in [5.41, 5.74) is 5.94. The molecular weight excluding hydrogens is 398 g/mol. The summed E-state index contributed by atoms with van der Waals surface area (Å²) in [7, 11) is 2.16. The number of aromatic nitrogens is 2. The molecule has 6 heteroatoms. The number of allylic oxidation sites excluding steroid dienone is 2. The number of nitrogens with one attached hydrogen (secondary N) is 1. The number of hydrogen-bond donors (Lipinski definition) is 2.